The lowest BCUT2D eigenvalue weighted by Crippen LogP contribution is -2.46. The van der Waals surface area contributed by atoms with E-state index in [2.05, 4.69) is 26.1 Å². The maximum atomic E-state index is 13.1. The van der Waals surface area contributed by atoms with Crippen LogP contribution in [0.5, 0.6) is 0 Å². The van der Waals surface area contributed by atoms with Gasteiger partial charge in [0, 0.05) is 6.42 Å². The number of esters is 1. The van der Waals surface area contributed by atoms with Gasteiger partial charge < -0.3 is 20.3 Å². The summed E-state index contributed by atoms with van der Waals surface area (Å²) in [5.41, 5.74) is 0. The number of aliphatic hydroxyl groups is 2. The van der Waals surface area contributed by atoms with Crippen LogP contribution in [-0.4, -0.2) is 46.9 Å². The molecule has 0 radical (unpaired) electrons. The average Bonchev–Trinajstić information content (AvgIpc) is 3.13. The van der Waals surface area contributed by atoms with Gasteiger partial charge in [-0.05, 0) is 25.7 Å². The zero-order valence-electron chi connectivity index (χ0n) is 35.2. The topological polar surface area (TPSA) is 95.9 Å². The van der Waals surface area contributed by atoms with Crippen LogP contribution in [0.2, 0.25) is 0 Å². The first kappa shape index (κ1) is 50.9. The molecule has 0 rings (SSSR count). The second-order valence-electron chi connectivity index (χ2n) is 16.2. The number of hydrogen-bond acceptors (Lipinski definition) is 5. The highest BCUT2D eigenvalue weighted by molar-refractivity contribution is 5.77. The van der Waals surface area contributed by atoms with Crippen molar-refractivity contribution in [1.82, 2.24) is 5.32 Å². The zero-order valence-corrected chi connectivity index (χ0v) is 35.2. The van der Waals surface area contributed by atoms with Gasteiger partial charge in [-0.15, -0.1) is 0 Å². The molecule has 3 atom stereocenters. The summed E-state index contributed by atoms with van der Waals surface area (Å²) in [7, 11) is 0. The first-order valence-corrected chi connectivity index (χ1v) is 23.3. The molecule has 310 valence electrons. The van der Waals surface area contributed by atoms with Crippen molar-refractivity contribution in [1.29, 1.82) is 0 Å². The first-order chi connectivity index (χ1) is 25.5. The number of carbonyl (C=O) groups is 2. The van der Waals surface area contributed by atoms with Crippen LogP contribution < -0.4 is 5.32 Å². The number of nitrogens with one attached hydrogen (secondary N) is 1. The monoisotopic (exact) mass is 738 g/mol. The van der Waals surface area contributed by atoms with Crippen LogP contribution in [0.3, 0.4) is 0 Å². The maximum absolute atomic E-state index is 13.1. The number of carbonyl (C=O) groups excluding carboxylic acids is 2. The van der Waals surface area contributed by atoms with Crippen LogP contribution in [0, 0.1) is 0 Å². The fraction of sp³-hybridized carbons (Fsp3) is 0.957. The second kappa shape index (κ2) is 41.0. The fourth-order valence-corrected chi connectivity index (χ4v) is 7.37. The molecule has 0 saturated carbocycles. The van der Waals surface area contributed by atoms with Crippen molar-refractivity contribution in [2.45, 2.75) is 277 Å². The third kappa shape index (κ3) is 35.9. The van der Waals surface area contributed by atoms with Gasteiger partial charge in [0.1, 0.15) is 6.10 Å². The van der Waals surface area contributed by atoms with Gasteiger partial charge in [-0.1, -0.05) is 220 Å². The SMILES string of the molecule is CCCCCCCCCCCCCCCC(=O)OC(CCCCCCCCCCCCC)CC(=O)NC(CO)C(O)CCCCCCCCCCC. The zero-order chi connectivity index (χ0) is 38.2. The molecule has 0 aliphatic heterocycles. The Kier molecular flexibility index (Phi) is 40.1. The minimum atomic E-state index is -0.776. The summed E-state index contributed by atoms with van der Waals surface area (Å²) < 4.78 is 5.90. The van der Waals surface area contributed by atoms with Crippen molar-refractivity contribution in [3.8, 4) is 0 Å². The van der Waals surface area contributed by atoms with Gasteiger partial charge in [0.15, 0.2) is 0 Å². The van der Waals surface area contributed by atoms with Crippen molar-refractivity contribution in [2.24, 2.45) is 0 Å². The predicted octanol–water partition coefficient (Wildman–Crippen LogP) is 13.2. The molecule has 3 unspecified atom stereocenters. The smallest absolute Gasteiger partial charge is 0.306 e. The Hall–Kier alpha value is -1.14. The Morgan fingerprint density at radius 3 is 1.17 bits per heavy atom. The largest absolute Gasteiger partial charge is 0.462 e. The van der Waals surface area contributed by atoms with E-state index in [0.29, 0.717) is 19.3 Å². The van der Waals surface area contributed by atoms with Crippen LogP contribution in [0.15, 0.2) is 0 Å². The Morgan fingerprint density at radius 1 is 0.481 bits per heavy atom. The van der Waals surface area contributed by atoms with Gasteiger partial charge in [-0.2, -0.15) is 0 Å². The van der Waals surface area contributed by atoms with Crippen molar-refractivity contribution in [3.05, 3.63) is 0 Å². The Labute approximate surface area is 324 Å². The minimum Gasteiger partial charge on any atom is -0.462 e. The van der Waals surface area contributed by atoms with Gasteiger partial charge in [0.2, 0.25) is 5.91 Å². The molecule has 0 spiro atoms. The van der Waals surface area contributed by atoms with Crippen molar-refractivity contribution in [2.75, 3.05) is 6.61 Å². The third-order valence-corrected chi connectivity index (χ3v) is 10.9. The maximum Gasteiger partial charge on any atom is 0.306 e. The van der Waals surface area contributed by atoms with E-state index in [1.165, 1.54) is 167 Å². The molecule has 0 heterocycles. The number of unbranched alkanes of at least 4 members (excludes halogenated alkanes) is 30. The van der Waals surface area contributed by atoms with Gasteiger partial charge >= 0.3 is 5.97 Å². The van der Waals surface area contributed by atoms with Crippen molar-refractivity contribution < 1.29 is 24.5 Å². The Bertz CT molecular complexity index is 746. The highest BCUT2D eigenvalue weighted by Crippen LogP contribution is 2.18. The normalized spacial score (nSPS) is 13.2. The highest BCUT2D eigenvalue weighted by Gasteiger charge is 2.24. The lowest BCUT2D eigenvalue weighted by molar-refractivity contribution is -0.151. The second-order valence-corrected chi connectivity index (χ2v) is 16.2. The summed E-state index contributed by atoms with van der Waals surface area (Å²) in [4.78, 5) is 25.9. The van der Waals surface area contributed by atoms with E-state index in [1.54, 1.807) is 0 Å². The van der Waals surface area contributed by atoms with E-state index in [-0.39, 0.29) is 24.9 Å². The number of ether oxygens (including phenoxy) is 1. The quantitative estimate of drug-likeness (QED) is 0.0428. The lowest BCUT2D eigenvalue weighted by Gasteiger charge is -2.24. The van der Waals surface area contributed by atoms with Gasteiger partial charge in [0.05, 0.1) is 25.2 Å². The third-order valence-electron chi connectivity index (χ3n) is 10.9. The number of aliphatic hydroxyl groups excluding tert-OH is 2. The molecule has 0 aromatic heterocycles. The first-order valence-electron chi connectivity index (χ1n) is 23.3. The molecule has 52 heavy (non-hydrogen) atoms. The Balaban J connectivity index is 4.53. The molecule has 0 fully saturated rings. The lowest BCUT2D eigenvalue weighted by atomic mass is 10.0. The molecule has 0 aliphatic rings. The average molecular weight is 738 g/mol. The molecule has 1 amide bonds. The van der Waals surface area contributed by atoms with Crippen molar-refractivity contribution >= 4 is 11.9 Å². The number of amides is 1. The van der Waals surface area contributed by atoms with Crippen LogP contribution in [0.4, 0.5) is 0 Å². The summed E-state index contributed by atoms with van der Waals surface area (Å²) in [5, 5.41) is 23.6. The number of rotatable bonds is 42. The van der Waals surface area contributed by atoms with Crippen molar-refractivity contribution in [3.63, 3.8) is 0 Å². The van der Waals surface area contributed by atoms with E-state index < -0.39 is 18.2 Å². The van der Waals surface area contributed by atoms with Crippen LogP contribution >= 0.6 is 0 Å². The molecule has 0 aliphatic carbocycles. The highest BCUT2D eigenvalue weighted by atomic mass is 16.5. The van der Waals surface area contributed by atoms with Crippen LogP contribution in [0.25, 0.3) is 0 Å². The molecular weight excluding hydrogens is 647 g/mol. The van der Waals surface area contributed by atoms with E-state index in [0.717, 1.165) is 44.9 Å². The van der Waals surface area contributed by atoms with E-state index in [9.17, 15) is 19.8 Å². The fourth-order valence-electron chi connectivity index (χ4n) is 7.37. The van der Waals surface area contributed by atoms with E-state index in [4.69, 9.17) is 4.74 Å². The Morgan fingerprint density at radius 2 is 0.808 bits per heavy atom. The molecule has 0 aromatic carbocycles. The molecule has 0 aromatic rings. The molecule has 0 saturated heterocycles. The molecule has 6 nitrogen and oxygen atoms in total. The van der Waals surface area contributed by atoms with Gasteiger partial charge in [-0.3, -0.25) is 9.59 Å². The van der Waals surface area contributed by atoms with Gasteiger partial charge in [-0.25, -0.2) is 0 Å². The number of hydrogen-bond donors (Lipinski definition) is 3. The summed E-state index contributed by atoms with van der Waals surface area (Å²) in [6, 6.07) is -0.689. The van der Waals surface area contributed by atoms with Crippen LogP contribution in [0.1, 0.15) is 258 Å². The van der Waals surface area contributed by atoms with Gasteiger partial charge in [0.25, 0.3) is 0 Å². The molecule has 3 N–H and O–H groups in total. The van der Waals surface area contributed by atoms with Crippen LogP contribution in [-0.2, 0) is 14.3 Å². The summed E-state index contributed by atoms with van der Waals surface area (Å²) >= 11 is 0. The predicted molar refractivity (Wildman–Crippen MR) is 223 cm³/mol. The van der Waals surface area contributed by atoms with E-state index in [1.807, 2.05) is 0 Å². The molecule has 0 bridgehead atoms. The summed E-state index contributed by atoms with van der Waals surface area (Å²) in [5.74, 6) is -0.458. The standard InChI is InChI=1S/C46H91NO5/c1-4-7-10-13-16-19-21-22-24-27-30-33-36-39-46(51)52-42(37-34-31-28-26-23-20-17-14-11-8-5-2)40-45(50)47-43(41-48)44(49)38-35-32-29-25-18-15-12-9-6-3/h42-44,48-49H,4-41H2,1-3H3,(H,47,50). The molecule has 6 heteroatoms. The summed E-state index contributed by atoms with van der Waals surface area (Å²) in [6.45, 7) is 6.47. The molecular formula is C46H91NO5. The summed E-state index contributed by atoms with van der Waals surface area (Å²) in [6.07, 6.45) is 41.6. The minimum absolute atomic E-state index is 0.0867. The van der Waals surface area contributed by atoms with E-state index >= 15 is 0 Å².